The average Bonchev–Trinajstić information content (AvgIpc) is 2.38. The van der Waals surface area contributed by atoms with Gasteiger partial charge in [0.2, 0.25) is 0 Å². The number of aliphatic hydroxyl groups excluding tert-OH is 1. The quantitative estimate of drug-likeness (QED) is 0.747. The first-order chi connectivity index (χ1) is 9.29. The molecule has 0 spiro atoms. The monoisotopic (exact) mass is 280 g/mol. The minimum absolute atomic E-state index is 0.0320. The molecule has 1 aromatic rings. The first-order valence-electron chi connectivity index (χ1n) is 7.30. The molecule has 1 aromatic heterocycles. The smallest absolute Gasteiger partial charge is 0.138 e. The van der Waals surface area contributed by atoms with E-state index >= 15 is 0 Å². The van der Waals surface area contributed by atoms with Crippen LogP contribution in [0.25, 0.3) is 0 Å². The Morgan fingerprint density at radius 3 is 2.30 bits per heavy atom. The molecular weight excluding hydrogens is 252 g/mol. The first kappa shape index (κ1) is 16.7. The minimum atomic E-state index is -0.116. The van der Waals surface area contributed by atoms with Crippen molar-refractivity contribution in [2.45, 2.75) is 59.4 Å². The molecule has 0 aliphatic heterocycles. The van der Waals surface area contributed by atoms with Gasteiger partial charge in [0.1, 0.15) is 17.5 Å². The van der Waals surface area contributed by atoms with Crippen LogP contribution in [0.4, 0.5) is 11.6 Å². The predicted molar refractivity (Wildman–Crippen MR) is 84.4 cm³/mol. The second kappa shape index (κ2) is 6.88. The molecule has 0 aromatic carbocycles. The van der Waals surface area contributed by atoms with Gasteiger partial charge in [0.05, 0.1) is 6.61 Å². The van der Waals surface area contributed by atoms with Crippen LogP contribution in [-0.2, 0) is 5.41 Å². The molecule has 0 saturated heterocycles. The molecule has 114 valence electrons. The lowest BCUT2D eigenvalue weighted by atomic mass is 9.95. The molecule has 1 rings (SSSR count). The minimum Gasteiger partial charge on any atom is -0.394 e. The van der Waals surface area contributed by atoms with Crippen molar-refractivity contribution in [3.05, 3.63) is 11.4 Å². The standard InChI is InChI=1S/C15H28N4O/c1-7-8-16-12-11(3)13(17-10(2)9-20)19-14(18-12)15(4,5)6/h10,20H,7-9H2,1-6H3,(H2,16,17,18,19). The molecule has 0 amide bonds. The van der Waals surface area contributed by atoms with E-state index in [0.717, 1.165) is 36.0 Å². The Hall–Kier alpha value is -1.36. The third-order valence-corrected chi connectivity index (χ3v) is 3.02. The number of rotatable bonds is 6. The number of aliphatic hydroxyl groups is 1. The van der Waals surface area contributed by atoms with Gasteiger partial charge in [-0.05, 0) is 20.3 Å². The molecular formula is C15H28N4O. The normalized spacial score (nSPS) is 13.2. The Morgan fingerprint density at radius 1 is 1.20 bits per heavy atom. The van der Waals surface area contributed by atoms with Gasteiger partial charge in [0.25, 0.3) is 0 Å². The fourth-order valence-electron chi connectivity index (χ4n) is 1.69. The zero-order valence-electron chi connectivity index (χ0n) is 13.5. The van der Waals surface area contributed by atoms with Crippen molar-refractivity contribution in [3.8, 4) is 0 Å². The fourth-order valence-corrected chi connectivity index (χ4v) is 1.69. The van der Waals surface area contributed by atoms with Gasteiger partial charge in [-0.15, -0.1) is 0 Å². The molecule has 1 heterocycles. The van der Waals surface area contributed by atoms with Gasteiger partial charge < -0.3 is 15.7 Å². The number of hydrogen-bond donors (Lipinski definition) is 3. The lowest BCUT2D eigenvalue weighted by Gasteiger charge is -2.22. The van der Waals surface area contributed by atoms with Crippen molar-refractivity contribution in [2.24, 2.45) is 0 Å². The highest BCUT2D eigenvalue weighted by Gasteiger charge is 2.21. The molecule has 1 atom stereocenters. The molecule has 0 aliphatic rings. The highest BCUT2D eigenvalue weighted by atomic mass is 16.3. The van der Waals surface area contributed by atoms with Crippen LogP contribution in [0.3, 0.4) is 0 Å². The van der Waals surface area contributed by atoms with E-state index in [0.29, 0.717) is 0 Å². The second-order valence-corrected chi connectivity index (χ2v) is 6.27. The Labute approximate surface area is 122 Å². The van der Waals surface area contributed by atoms with E-state index in [-0.39, 0.29) is 18.1 Å². The topological polar surface area (TPSA) is 70.1 Å². The Kier molecular flexibility index (Phi) is 5.74. The van der Waals surface area contributed by atoms with Crippen molar-refractivity contribution in [1.29, 1.82) is 0 Å². The van der Waals surface area contributed by atoms with E-state index in [4.69, 9.17) is 0 Å². The maximum atomic E-state index is 9.21. The molecule has 5 heteroatoms. The molecule has 20 heavy (non-hydrogen) atoms. The molecule has 0 bridgehead atoms. The fraction of sp³-hybridized carbons (Fsp3) is 0.733. The Morgan fingerprint density at radius 2 is 1.80 bits per heavy atom. The van der Waals surface area contributed by atoms with Crippen LogP contribution in [0.15, 0.2) is 0 Å². The summed E-state index contributed by atoms with van der Waals surface area (Å²) in [6.07, 6.45) is 1.05. The summed E-state index contributed by atoms with van der Waals surface area (Å²) < 4.78 is 0. The van der Waals surface area contributed by atoms with Crippen LogP contribution in [0.2, 0.25) is 0 Å². The third kappa shape index (κ3) is 4.34. The summed E-state index contributed by atoms with van der Waals surface area (Å²) in [5.74, 6) is 2.47. The molecule has 0 fully saturated rings. The van der Waals surface area contributed by atoms with Crippen LogP contribution >= 0.6 is 0 Å². The maximum Gasteiger partial charge on any atom is 0.138 e. The van der Waals surface area contributed by atoms with E-state index in [1.807, 2.05) is 13.8 Å². The van der Waals surface area contributed by atoms with E-state index in [1.54, 1.807) is 0 Å². The Balaban J connectivity index is 3.19. The third-order valence-electron chi connectivity index (χ3n) is 3.02. The zero-order valence-corrected chi connectivity index (χ0v) is 13.5. The highest BCUT2D eigenvalue weighted by molar-refractivity contribution is 5.58. The van der Waals surface area contributed by atoms with E-state index in [1.165, 1.54) is 0 Å². The number of anilines is 2. The van der Waals surface area contributed by atoms with E-state index in [2.05, 4.69) is 48.3 Å². The van der Waals surface area contributed by atoms with Gasteiger partial charge >= 0.3 is 0 Å². The maximum absolute atomic E-state index is 9.21. The number of nitrogens with one attached hydrogen (secondary N) is 2. The van der Waals surface area contributed by atoms with Crippen LogP contribution in [0.5, 0.6) is 0 Å². The van der Waals surface area contributed by atoms with Gasteiger partial charge in [0, 0.05) is 23.6 Å². The summed E-state index contributed by atoms with van der Waals surface area (Å²) in [5, 5.41) is 15.8. The first-order valence-corrected chi connectivity index (χ1v) is 7.30. The lowest BCUT2D eigenvalue weighted by molar-refractivity contribution is 0.281. The molecule has 0 saturated carbocycles. The number of aromatic nitrogens is 2. The summed E-state index contributed by atoms with van der Waals surface area (Å²) >= 11 is 0. The van der Waals surface area contributed by atoms with Crippen molar-refractivity contribution in [1.82, 2.24) is 9.97 Å². The van der Waals surface area contributed by atoms with Gasteiger partial charge in [-0.1, -0.05) is 27.7 Å². The lowest BCUT2D eigenvalue weighted by Crippen LogP contribution is -2.24. The SMILES string of the molecule is CCCNc1nc(C(C)(C)C)nc(NC(C)CO)c1C. The largest absolute Gasteiger partial charge is 0.394 e. The molecule has 5 nitrogen and oxygen atoms in total. The number of hydrogen-bond acceptors (Lipinski definition) is 5. The molecule has 0 aliphatic carbocycles. The predicted octanol–water partition coefficient (Wildman–Crippen LogP) is 2.70. The van der Waals surface area contributed by atoms with Crippen LogP contribution < -0.4 is 10.6 Å². The van der Waals surface area contributed by atoms with Crippen molar-refractivity contribution in [3.63, 3.8) is 0 Å². The summed E-state index contributed by atoms with van der Waals surface area (Å²) in [6, 6.07) is -0.0320. The van der Waals surface area contributed by atoms with Gasteiger partial charge in [-0.2, -0.15) is 0 Å². The van der Waals surface area contributed by atoms with E-state index in [9.17, 15) is 5.11 Å². The second-order valence-electron chi connectivity index (χ2n) is 6.27. The van der Waals surface area contributed by atoms with Crippen LogP contribution in [0.1, 0.15) is 52.4 Å². The van der Waals surface area contributed by atoms with Gasteiger partial charge in [-0.3, -0.25) is 0 Å². The van der Waals surface area contributed by atoms with Gasteiger partial charge in [-0.25, -0.2) is 9.97 Å². The van der Waals surface area contributed by atoms with E-state index < -0.39 is 0 Å². The molecule has 1 unspecified atom stereocenters. The van der Waals surface area contributed by atoms with Crippen molar-refractivity contribution >= 4 is 11.6 Å². The number of nitrogens with zero attached hydrogens (tertiary/aromatic N) is 2. The van der Waals surface area contributed by atoms with Crippen molar-refractivity contribution in [2.75, 3.05) is 23.8 Å². The van der Waals surface area contributed by atoms with Crippen LogP contribution in [-0.4, -0.2) is 34.3 Å². The molecule has 0 radical (unpaired) electrons. The zero-order chi connectivity index (χ0) is 15.3. The summed E-state index contributed by atoms with van der Waals surface area (Å²) in [5.41, 5.74) is 0.877. The summed E-state index contributed by atoms with van der Waals surface area (Å²) in [4.78, 5) is 9.28. The Bertz CT molecular complexity index is 440. The summed E-state index contributed by atoms with van der Waals surface area (Å²) in [7, 11) is 0. The van der Waals surface area contributed by atoms with Gasteiger partial charge in [0.15, 0.2) is 0 Å². The van der Waals surface area contributed by atoms with Crippen molar-refractivity contribution < 1.29 is 5.11 Å². The summed E-state index contributed by atoms with van der Waals surface area (Å²) in [6.45, 7) is 13.3. The highest BCUT2D eigenvalue weighted by Crippen LogP contribution is 2.26. The molecule has 3 N–H and O–H groups in total. The average molecular weight is 280 g/mol. The van der Waals surface area contributed by atoms with Crippen LogP contribution in [0, 0.1) is 6.92 Å².